The first kappa shape index (κ1) is 15.4. The standard InChI is InChI=1S/C12H10I.C4H6O2/c1-3-7-11(8-4-1)13-12-9-5-2-6-10-12;1-3(2)4(5)6/h1-10H;1H2,2H3,(H,5,6)/q+1;/p-1. The summed E-state index contributed by atoms with van der Waals surface area (Å²) in [6, 6.07) is 21.4. The minimum atomic E-state index is -1.19. The number of rotatable bonds is 3. The van der Waals surface area contributed by atoms with Crippen molar-refractivity contribution in [3.8, 4) is 0 Å². The van der Waals surface area contributed by atoms with Gasteiger partial charge in [0.1, 0.15) is 0 Å². The molecule has 0 saturated carbocycles. The van der Waals surface area contributed by atoms with Crippen LogP contribution in [0.2, 0.25) is 0 Å². The largest absolute Gasteiger partial charge is 0.545 e. The van der Waals surface area contributed by atoms with Crippen molar-refractivity contribution in [2.45, 2.75) is 6.92 Å². The Morgan fingerprint density at radius 1 is 0.947 bits per heavy atom. The summed E-state index contributed by atoms with van der Waals surface area (Å²) >= 11 is 0.0287. The van der Waals surface area contributed by atoms with Gasteiger partial charge in [-0.3, -0.25) is 0 Å². The second-order valence-electron chi connectivity index (χ2n) is 3.75. The van der Waals surface area contributed by atoms with E-state index in [9.17, 15) is 9.90 Å². The van der Waals surface area contributed by atoms with Gasteiger partial charge in [0.2, 0.25) is 0 Å². The fraction of sp³-hybridized carbons (Fsp3) is 0.0625. The Balaban J connectivity index is 0.000000258. The molecule has 0 fully saturated rings. The van der Waals surface area contributed by atoms with Crippen molar-refractivity contribution in [2.75, 3.05) is 0 Å². The first-order chi connectivity index (χ1) is 9.09. The fourth-order valence-electron chi connectivity index (χ4n) is 1.08. The van der Waals surface area contributed by atoms with Crippen LogP contribution in [0.3, 0.4) is 0 Å². The number of carbonyl (C=O) groups is 1. The molecule has 2 rings (SSSR count). The van der Waals surface area contributed by atoms with Crippen LogP contribution in [0.15, 0.2) is 72.8 Å². The molecule has 0 bridgehead atoms. The quantitative estimate of drug-likeness (QED) is 0.524. The second-order valence-corrected chi connectivity index (χ2v) is 6.78. The number of aliphatic carboxylic acids is 1. The van der Waals surface area contributed by atoms with Gasteiger partial charge in [0, 0.05) is 0 Å². The highest BCUT2D eigenvalue weighted by Gasteiger charge is 2.12. The van der Waals surface area contributed by atoms with E-state index >= 15 is 0 Å². The second kappa shape index (κ2) is 8.48. The number of carboxylic acids is 1. The highest BCUT2D eigenvalue weighted by molar-refractivity contribution is 5.82. The average molecular weight is 366 g/mol. The maximum atomic E-state index is 9.49. The topological polar surface area (TPSA) is 40.1 Å². The van der Waals surface area contributed by atoms with Crippen molar-refractivity contribution in [1.29, 1.82) is 0 Å². The molecule has 0 aromatic heterocycles. The lowest BCUT2D eigenvalue weighted by Crippen LogP contribution is -3.61. The van der Waals surface area contributed by atoms with Crippen LogP contribution in [0.4, 0.5) is 0 Å². The fourth-order valence-corrected chi connectivity index (χ4v) is 3.35. The van der Waals surface area contributed by atoms with Crippen LogP contribution in [0, 0.1) is 7.14 Å². The van der Waals surface area contributed by atoms with E-state index in [0.717, 1.165) is 0 Å². The van der Waals surface area contributed by atoms with E-state index in [1.807, 2.05) is 0 Å². The summed E-state index contributed by atoms with van der Waals surface area (Å²) in [7, 11) is 0. The van der Waals surface area contributed by atoms with Crippen LogP contribution < -0.4 is 26.3 Å². The van der Waals surface area contributed by atoms with E-state index in [1.165, 1.54) is 14.1 Å². The Bertz CT molecular complexity index is 471. The van der Waals surface area contributed by atoms with Gasteiger partial charge in [-0.2, -0.15) is 0 Å². The molecule has 98 valence electrons. The Morgan fingerprint density at radius 2 is 1.26 bits per heavy atom. The van der Waals surface area contributed by atoms with Gasteiger partial charge < -0.3 is 9.90 Å². The number of carboxylic acid groups (broad SMARTS) is 1. The highest BCUT2D eigenvalue weighted by Crippen LogP contribution is 1.85. The molecule has 19 heavy (non-hydrogen) atoms. The summed E-state index contributed by atoms with van der Waals surface area (Å²) in [5.41, 5.74) is 0.0648. The molecule has 3 heteroatoms. The van der Waals surface area contributed by atoms with Gasteiger partial charge in [-0.1, -0.05) is 43.0 Å². The van der Waals surface area contributed by atoms with Gasteiger partial charge in [0.25, 0.3) is 0 Å². The summed E-state index contributed by atoms with van der Waals surface area (Å²) in [5, 5.41) is 9.49. The van der Waals surface area contributed by atoms with E-state index in [2.05, 4.69) is 67.2 Å². The van der Waals surface area contributed by atoms with Crippen LogP contribution in [0.1, 0.15) is 6.92 Å². The van der Waals surface area contributed by atoms with Crippen molar-refractivity contribution >= 4 is 5.97 Å². The summed E-state index contributed by atoms with van der Waals surface area (Å²) in [4.78, 5) is 9.49. The van der Waals surface area contributed by atoms with Crippen LogP contribution >= 0.6 is 0 Å². The number of hydrogen-bond donors (Lipinski definition) is 0. The van der Waals surface area contributed by atoms with Crippen molar-refractivity contribution in [2.24, 2.45) is 0 Å². The maximum absolute atomic E-state index is 9.49. The molecular weight excluding hydrogens is 351 g/mol. The Labute approximate surface area is 124 Å². The van der Waals surface area contributed by atoms with Gasteiger partial charge in [0.15, 0.2) is 7.14 Å². The third-order valence-electron chi connectivity index (χ3n) is 2.03. The molecule has 0 N–H and O–H groups in total. The summed E-state index contributed by atoms with van der Waals surface area (Å²) in [5.74, 6) is -1.19. The van der Waals surface area contributed by atoms with Gasteiger partial charge in [0.05, 0.1) is 5.97 Å². The molecule has 0 atom stereocenters. The van der Waals surface area contributed by atoms with Crippen molar-refractivity contribution < 1.29 is 31.1 Å². The lowest BCUT2D eigenvalue weighted by Gasteiger charge is -1.93. The average Bonchev–Trinajstić information content (AvgIpc) is 2.41. The van der Waals surface area contributed by atoms with E-state index in [0.29, 0.717) is 0 Å². The summed E-state index contributed by atoms with van der Waals surface area (Å²) < 4.78 is 2.96. The Kier molecular flexibility index (Phi) is 6.89. The predicted molar refractivity (Wildman–Crippen MR) is 70.1 cm³/mol. The van der Waals surface area contributed by atoms with E-state index in [4.69, 9.17) is 0 Å². The Morgan fingerprint density at radius 3 is 1.53 bits per heavy atom. The molecule has 0 unspecified atom stereocenters. The van der Waals surface area contributed by atoms with Crippen LogP contribution in [-0.4, -0.2) is 5.97 Å². The predicted octanol–water partition coefficient (Wildman–Crippen LogP) is -0.873. The van der Waals surface area contributed by atoms with Crippen molar-refractivity contribution in [3.63, 3.8) is 0 Å². The molecule has 2 aromatic rings. The number of benzene rings is 2. The first-order valence-electron chi connectivity index (χ1n) is 5.71. The zero-order valence-corrected chi connectivity index (χ0v) is 12.8. The number of hydrogen-bond acceptors (Lipinski definition) is 2. The molecule has 0 amide bonds. The monoisotopic (exact) mass is 366 g/mol. The molecule has 0 aliphatic heterocycles. The zero-order valence-electron chi connectivity index (χ0n) is 10.7. The van der Waals surface area contributed by atoms with Gasteiger partial charge in [-0.05, 0) is 36.8 Å². The molecule has 0 saturated heterocycles. The van der Waals surface area contributed by atoms with Gasteiger partial charge in [-0.15, -0.1) is 0 Å². The molecule has 0 aliphatic rings. The van der Waals surface area contributed by atoms with Gasteiger partial charge >= 0.3 is 21.2 Å². The third kappa shape index (κ3) is 6.76. The number of halogens is 1. The summed E-state index contributed by atoms with van der Waals surface area (Å²) in [6.45, 7) is 4.48. The van der Waals surface area contributed by atoms with E-state index in [1.54, 1.807) is 0 Å². The van der Waals surface area contributed by atoms with Crippen molar-refractivity contribution in [3.05, 3.63) is 80.0 Å². The molecule has 0 spiro atoms. The highest BCUT2D eigenvalue weighted by atomic mass is 127. The molecule has 0 radical (unpaired) electrons. The molecule has 0 heterocycles. The summed E-state index contributed by atoms with van der Waals surface area (Å²) in [6.07, 6.45) is 0. The van der Waals surface area contributed by atoms with Gasteiger partial charge in [-0.25, -0.2) is 0 Å². The lowest BCUT2D eigenvalue weighted by molar-refractivity contribution is -0.597. The normalized spacial score (nSPS) is 9.11. The van der Waals surface area contributed by atoms with E-state index in [-0.39, 0.29) is 26.8 Å². The molecule has 0 aliphatic carbocycles. The molecule has 2 nitrogen and oxygen atoms in total. The lowest BCUT2D eigenvalue weighted by atomic mass is 10.4. The van der Waals surface area contributed by atoms with Crippen LogP contribution in [0.25, 0.3) is 0 Å². The van der Waals surface area contributed by atoms with Crippen LogP contribution in [0.5, 0.6) is 0 Å². The number of carbonyl (C=O) groups excluding carboxylic acids is 1. The first-order valence-corrected chi connectivity index (χ1v) is 7.87. The zero-order chi connectivity index (χ0) is 14.1. The maximum Gasteiger partial charge on any atom is 0.357 e. The van der Waals surface area contributed by atoms with Crippen molar-refractivity contribution in [1.82, 2.24) is 0 Å². The van der Waals surface area contributed by atoms with E-state index < -0.39 is 5.97 Å². The minimum Gasteiger partial charge on any atom is -0.545 e. The third-order valence-corrected chi connectivity index (χ3v) is 4.72. The Hall–Kier alpha value is -1.62. The minimum absolute atomic E-state index is 0.0287. The molecule has 2 aromatic carbocycles. The smallest absolute Gasteiger partial charge is 0.357 e. The van der Waals surface area contributed by atoms with Crippen LogP contribution in [-0.2, 0) is 4.79 Å². The SMILES string of the molecule is C=C(C)C(=O)[O-].c1ccc([I+]c2ccccc2)cc1. The molecular formula is C16H15IO2.